The Labute approximate surface area is 245 Å². The van der Waals surface area contributed by atoms with Crippen LogP contribution >= 0.6 is 11.6 Å². The molecule has 0 bridgehead atoms. The van der Waals surface area contributed by atoms with Gasteiger partial charge in [0.25, 0.3) is 0 Å². The summed E-state index contributed by atoms with van der Waals surface area (Å²) in [6.45, 7) is 6.16. The zero-order valence-corrected chi connectivity index (χ0v) is 23.6. The first-order chi connectivity index (χ1) is 20.1. The number of carbonyl (C=O) groups is 1. The van der Waals surface area contributed by atoms with Crippen molar-refractivity contribution >= 4 is 35.0 Å². The van der Waals surface area contributed by atoms with Crippen molar-refractivity contribution in [3.63, 3.8) is 0 Å². The molecule has 2 aliphatic rings. The second-order valence-corrected chi connectivity index (χ2v) is 11.0. The molecule has 41 heavy (non-hydrogen) atoms. The number of piperidine rings is 1. The Kier molecular flexibility index (Phi) is 8.34. The highest BCUT2D eigenvalue weighted by molar-refractivity contribution is 6.30. The third-order valence-corrected chi connectivity index (χ3v) is 8.08. The zero-order valence-electron chi connectivity index (χ0n) is 22.9. The Morgan fingerprint density at radius 2 is 1.54 bits per heavy atom. The smallest absolute Gasteiger partial charge is 0.228 e. The lowest BCUT2D eigenvalue weighted by molar-refractivity contribution is -0.120. The number of rotatable bonds is 7. The molecule has 10 heteroatoms. The third kappa shape index (κ3) is 6.81. The summed E-state index contributed by atoms with van der Waals surface area (Å²) < 4.78 is 0. The van der Waals surface area contributed by atoms with Crippen LogP contribution in [0.3, 0.4) is 0 Å². The molecule has 2 fully saturated rings. The normalized spacial score (nSPS) is 16.5. The van der Waals surface area contributed by atoms with E-state index in [1.807, 2.05) is 42.5 Å². The van der Waals surface area contributed by atoms with Crippen molar-refractivity contribution in [2.75, 3.05) is 54.4 Å². The molecule has 6 rings (SSSR count). The summed E-state index contributed by atoms with van der Waals surface area (Å²) in [6.07, 6.45) is 3.03. The van der Waals surface area contributed by atoms with Crippen LogP contribution in [0.4, 0.5) is 17.5 Å². The number of benzene rings is 2. The quantitative estimate of drug-likeness (QED) is 0.341. The summed E-state index contributed by atoms with van der Waals surface area (Å²) in [5, 5.41) is 12.6. The van der Waals surface area contributed by atoms with E-state index in [-0.39, 0.29) is 11.8 Å². The molecule has 2 aromatic carbocycles. The molecule has 0 aliphatic carbocycles. The van der Waals surface area contributed by atoms with Crippen LogP contribution in [0.1, 0.15) is 18.4 Å². The van der Waals surface area contributed by atoms with Crippen LogP contribution in [-0.4, -0.2) is 70.2 Å². The van der Waals surface area contributed by atoms with Crippen LogP contribution < -0.4 is 15.1 Å². The molecule has 0 atom stereocenters. The summed E-state index contributed by atoms with van der Waals surface area (Å²) in [5.41, 5.74) is 3.11. The van der Waals surface area contributed by atoms with Crippen molar-refractivity contribution in [2.24, 2.45) is 5.92 Å². The van der Waals surface area contributed by atoms with Crippen molar-refractivity contribution < 1.29 is 4.79 Å². The second kappa shape index (κ2) is 12.6. The summed E-state index contributed by atoms with van der Waals surface area (Å²) >= 11 is 5.99. The average molecular weight is 569 g/mol. The van der Waals surface area contributed by atoms with E-state index in [1.165, 1.54) is 11.9 Å². The summed E-state index contributed by atoms with van der Waals surface area (Å²) in [7, 11) is 0. The maximum Gasteiger partial charge on any atom is 0.228 e. The van der Waals surface area contributed by atoms with Crippen molar-refractivity contribution in [1.82, 2.24) is 25.1 Å². The number of aromatic nitrogens is 4. The van der Waals surface area contributed by atoms with Gasteiger partial charge >= 0.3 is 0 Å². The van der Waals surface area contributed by atoms with E-state index in [0.29, 0.717) is 10.8 Å². The van der Waals surface area contributed by atoms with E-state index in [1.54, 1.807) is 0 Å². The first kappa shape index (κ1) is 27.1. The first-order valence-corrected chi connectivity index (χ1v) is 14.5. The Morgan fingerprint density at radius 3 is 2.24 bits per heavy atom. The maximum atomic E-state index is 13.1. The standard InChI is InChI=1S/C31H33ClN8O/c32-26-8-6-24(7-9-26)27-10-11-29(37-36-27)39-14-12-25(13-15-39)31(41)35-28-20-30(34-22-33-28)40-18-16-38(17-19-40)21-23-4-2-1-3-5-23/h1-11,20,22,25H,12-19,21H2,(H,33,34,35,41). The topological polar surface area (TPSA) is 90.4 Å². The van der Waals surface area contributed by atoms with E-state index < -0.39 is 0 Å². The van der Waals surface area contributed by atoms with Crippen LogP contribution in [0.2, 0.25) is 5.02 Å². The molecule has 0 spiro atoms. The van der Waals surface area contributed by atoms with Gasteiger partial charge in [-0.05, 0) is 42.7 Å². The number of carbonyl (C=O) groups excluding carboxylic acids is 1. The number of halogens is 1. The molecule has 1 amide bonds. The van der Waals surface area contributed by atoms with Crippen LogP contribution in [0.15, 0.2) is 79.1 Å². The highest BCUT2D eigenvalue weighted by atomic mass is 35.5. The van der Waals surface area contributed by atoms with Gasteiger partial charge in [0.2, 0.25) is 5.91 Å². The minimum absolute atomic E-state index is 0.00570. The number of hydrogen-bond acceptors (Lipinski definition) is 8. The lowest BCUT2D eigenvalue weighted by Gasteiger charge is -2.35. The van der Waals surface area contributed by atoms with Gasteiger partial charge in [-0.15, -0.1) is 10.2 Å². The molecule has 1 N–H and O–H groups in total. The third-order valence-electron chi connectivity index (χ3n) is 7.83. The van der Waals surface area contributed by atoms with Crippen molar-refractivity contribution in [3.8, 4) is 11.3 Å². The van der Waals surface area contributed by atoms with E-state index >= 15 is 0 Å². The monoisotopic (exact) mass is 568 g/mol. The Morgan fingerprint density at radius 1 is 0.805 bits per heavy atom. The van der Waals surface area contributed by atoms with Crippen LogP contribution in [0, 0.1) is 5.92 Å². The predicted molar refractivity (Wildman–Crippen MR) is 162 cm³/mol. The number of anilines is 3. The lowest BCUT2D eigenvalue weighted by atomic mass is 9.96. The van der Waals surface area contributed by atoms with Crippen LogP contribution in [-0.2, 0) is 11.3 Å². The fourth-order valence-electron chi connectivity index (χ4n) is 5.43. The highest BCUT2D eigenvalue weighted by Gasteiger charge is 2.26. The van der Waals surface area contributed by atoms with Gasteiger partial charge in [0, 0.05) is 68.4 Å². The van der Waals surface area contributed by atoms with Gasteiger partial charge in [0.05, 0.1) is 5.69 Å². The minimum atomic E-state index is -0.0764. The highest BCUT2D eigenvalue weighted by Crippen LogP contribution is 2.25. The molecule has 0 radical (unpaired) electrons. The molecule has 4 aromatic rings. The number of hydrogen-bond donors (Lipinski definition) is 1. The van der Waals surface area contributed by atoms with Gasteiger partial charge in [-0.3, -0.25) is 9.69 Å². The lowest BCUT2D eigenvalue weighted by Crippen LogP contribution is -2.46. The van der Waals surface area contributed by atoms with Crippen LogP contribution in [0.5, 0.6) is 0 Å². The van der Waals surface area contributed by atoms with E-state index in [9.17, 15) is 4.79 Å². The molecule has 2 aromatic heterocycles. The number of piperazine rings is 1. The summed E-state index contributed by atoms with van der Waals surface area (Å²) in [6, 6.07) is 24.0. The summed E-state index contributed by atoms with van der Waals surface area (Å²) in [4.78, 5) is 28.8. The van der Waals surface area contributed by atoms with Gasteiger partial charge in [-0.1, -0.05) is 54.1 Å². The molecule has 4 heterocycles. The molecule has 210 valence electrons. The predicted octanol–water partition coefficient (Wildman–Crippen LogP) is 4.76. The fourth-order valence-corrected chi connectivity index (χ4v) is 5.56. The fraction of sp³-hybridized carbons (Fsp3) is 0.323. The Bertz CT molecular complexity index is 1440. The van der Waals surface area contributed by atoms with Gasteiger partial charge in [-0.2, -0.15) is 0 Å². The van der Waals surface area contributed by atoms with E-state index in [4.69, 9.17) is 11.6 Å². The van der Waals surface area contributed by atoms with Gasteiger partial charge < -0.3 is 15.1 Å². The molecular formula is C31H33ClN8O. The van der Waals surface area contributed by atoms with Crippen molar-refractivity contribution in [2.45, 2.75) is 19.4 Å². The molecule has 9 nitrogen and oxygen atoms in total. The SMILES string of the molecule is O=C(Nc1cc(N2CCN(Cc3ccccc3)CC2)ncn1)C1CCN(c2ccc(-c3ccc(Cl)cc3)nn2)CC1. The van der Waals surface area contributed by atoms with Crippen molar-refractivity contribution in [1.29, 1.82) is 0 Å². The van der Waals surface area contributed by atoms with E-state index in [2.05, 4.69) is 70.5 Å². The Hall–Kier alpha value is -4.08. The molecule has 0 saturated carbocycles. The number of amides is 1. The van der Waals surface area contributed by atoms with E-state index in [0.717, 1.165) is 81.5 Å². The molecule has 2 aliphatic heterocycles. The summed E-state index contributed by atoms with van der Waals surface area (Å²) in [5.74, 6) is 2.16. The molecular weight excluding hydrogens is 536 g/mol. The van der Waals surface area contributed by atoms with Gasteiger partial charge in [0.1, 0.15) is 18.0 Å². The molecule has 0 unspecified atom stereocenters. The zero-order chi connectivity index (χ0) is 28.0. The number of nitrogens with one attached hydrogen (secondary N) is 1. The number of nitrogens with zero attached hydrogens (tertiary/aromatic N) is 7. The molecule has 2 saturated heterocycles. The Balaban J connectivity index is 0.984. The van der Waals surface area contributed by atoms with Gasteiger partial charge in [0.15, 0.2) is 5.82 Å². The first-order valence-electron chi connectivity index (χ1n) is 14.1. The largest absolute Gasteiger partial charge is 0.355 e. The minimum Gasteiger partial charge on any atom is -0.355 e. The second-order valence-electron chi connectivity index (χ2n) is 10.5. The van der Waals surface area contributed by atoms with Gasteiger partial charge in [-0.25, -0.2) is 9.97 Å². The average Bonchev–Trinajstić information content (AvgIpc) is 3.03. The van der Waals surface area contributed by atoms with Crippen molar-refractivity contribution in [3.05, 3.63) is 89.7 Å². The maximum absolute atomic E-state index is 13.1. The van der Waals surface area contributed by atoms with Crippen LogP contribution in [0.25, 0.3) is 11.3 Å².